The van der Waals surface area contributed by atoms with Crippen LogP contribution in [0.3, 0.4) is 0 Å². The Bertz CT molecular complexity index is 559. The van der Waals surface area contributed by atoms with Crippen LogP contribution in [0.5, 0.6) is 5.75 Å². The molecule has 106 valence electrons. The Morgan fingerprint density at radius 1 is 1.32 bits per heavy atom. The summed E-state index contributed by atoms with van der Waals surface area (Å²) in [6.45, 7) is 4.06. The van der Waals surface area contributed by atoms with Gasteiger partial charge in [-0.3, -0.25) is 0 Å². The minimum Gasteiger partial charge on any atom is -0.497 e. The van der Waals surface area contributed by atoms with Gasteiger partial charge in [0.05, 0.1) is 18.1 Å². The molecule has 1 heterocycles. The Balaban J connectivity index is 2.46. The van der Waals surface area contributed by atoms with Gasteiger partial charge in [-0.05, 0) is 43.5 Å². The number of benzene rings is 1. The average Bonchev–Trinajstić information content (AvgIpc) is 2.75. The van der Waals surface area contributed by atoms with Crippen LogP contribution in [-0.4, -0.2) is 44.1 Å². The van der Waals surface area contributed by atoms with E-state index in [0.29, 0.717) is 34.7 Å². The first kappa shape index (κ1) is 14.3. The van der Waals surface area contributed by atoms with E-state index in [-0.39, 0.29) is 6.54 Å². The van der Waals surface area contributed by atoms with Crippen LogP contribution in [0.25, 0.3) is 0 Å². The lowest BCUT2D eigenvalue weighted by molar-refractivity contribution is 0.189. The number of hydrogen-bond acceptors (Lipinski definition) is 4. The number of aliphatic hydroxyl groups is 1. The quantitative estimate of drug-likeness (QED) is 0.902. The van der Waals surface area contributed by atoms with Gasteiger partial charge in [-0.1, -0.05) is 0 Å². The van der Waals surface area contributed by atoms with E-state index >= 15 is 0 Å². The first-order valence-corrected chi connectivity index (χ1v) is 7.63. The second-order valence-electron chi connectivity index (χ2n) is 4.90. The first-order chi connectivity index (χ1) is 8.86. The van der Waals surface area contributed by atoms with Gasteiger partial charge < -0.3 is 9.84 Å². The normalized spacial score (nSPS) is 20.7. The molecule has 1 unspecified atom stereocenters. The van der Waals surface area contributed by atoms with Gasteiger partial charge in [0.25, 0.3) is 0 Å². The van der Waals surface area contributed by atoms with Gasteiger partial charge >= 0.3 is 0 Å². The highest BCUT2D eigenvalue weighted by atomic mass is 32.2. The molecule has 0 saturated carbocycles. The van der Waals surface area contributed by atoms with E-state index in [4.69, 9.17) is 4.74 Å². The van der Waals surface area contributed by atoms with E-state index < -0.39 is 16.1 Å². The summed E-state index contributed by atoms with van der Waals surface area (Å²) in [5.74, 6) is 0.649. The summed E-state index contributed by atoms with van der Waals surface area (Å²) in [7, 11) is -1.99. The number of aliphatic hydroxyl groups excluding tert-OH is 1. The van der Waals surface area contributed by atoms with Crippen LogP contribution in [0.15, 0.2) is 17.0 Å². The van der Waals surface area contributed by atoms with Crippen LogP contribution in [-0.2, 0) is 10.0 Å². The Morgan fingerprint density at radius 2 is 1.89 bits per heavy atom. The average molecular weight is 285 g/mol. The molecule has 0 aliphatic carbocycles. The lowest BCUT2D eigenvalue weighted by Gasteiger charge is -2.19. The molecule has 1 aromatic carbocycles. The summed E-state index contributed by atoms with van der Waals surface area (Å²) in [6.07, 6.45) is -0.0679. The molecule has 0 bridgehead atoms. The van der Waals surface area contributed by atoms with Gasteiger partial charge in [0.2, 0.25) is 10.0 Å². The minimum absolute atomic E-state index is 0.174. The zero-order valence-electron chi connectivity index (χ0n) is 11.4. The van der Waals surface area contributed by atoms with Crippen LogP contribution >= 0.6 is 0 Å². The maximum atomic E-state index is 12.6. The number of hydrogen-bond donors (Lipinski definition) is 1. The van der Waals surface area contributed by atoms with E-state index in [0.717, 1.165) is 0 Å². The molecule has 1 aliphatic rings. The molecule has 19 heavy (non-hydrogen) atoms. The van der Waals surface area contributed by atoms with Crippen molar-refractivity contribution in [1.29, 1.82) is 0 Å². The van der Waals surface area contributed by atoms with Crippen molar-refractivity contribution in [2.75, 3.05) is 20.2 Å². The van der Waals surface area contributed by atoms with Crippen molar-refractivity contribution in [1.82, 2.24) is 4.31 Å². The van der Waals surface area contributed by atoms with Crippen molar-refractivity contribution in [3.8, 4) is 5.75 Å². The van der Waals surface area contributed by atoms with Crippen LogP contribution in [0, 0.1) is 13.8 Å². The third kappa shape index (κ3) is 2.61. The molecule has 5 nitrogen and oxygen atoms in total. The summed E-state index contributed by atoms with van der Waals surface area (Å²) in [5.41, 5.74) is 1.33. The molecule has 0 amide bonds. The molecular weight excluding hydrogens is 266 g/mol. The van der Waals surface area contributed by atoms with Gasteiger partial charge in [-0.15, -0.1) is 0 Å². The maximum absolute atomic E-state index is 12.6. The molecular formula is C13H19NO4S. The predicted octanol–water partition coefficient (Wildman–Crippen LogP) is 1.07. The standard InChI is InChI=1S/C13H19NO4S/c1-9-6-12(18-3)7-10(2)13(9)19(16,17)14-5-4-11(15)8-14/h6-7,11,15H,4-5,8H2,1-3H3. The summed E-state index contributed by atoms with van der Waals surface area (Å²) in [4.78, 5) is 0.322. The largest absolute Gasteiger partial charge is 0.497 e. The summed E-state index contributed by atoms with van der Waals surface area (Å²) >= 11 is 0. The fourth-order valence-electron chi connectivity index (χ4n) is 2.49. The second kappa shape index (κ2) is 5.11. The smallest absolute Gasteiger partial charge is 0.243 e. The Morgan fingerprint density at radius 3 is 2.32 bits per heavy atom. The monoisotopic (exact) mass is 285 g/mol. The third-order valence-electron chi connectivity index (χ3n) is 3.39. The molecule has 0 spiro atoms. The number of methoxy groups -OCH3 is 1. The molecule has 1 aromatic rings. The van der Waals surface area contributed by atoms with Gasteiger partial charge in [0, 0.05) is 13.1 Å². The van der Waals surface area contributed by atoms with Crippen molar-refractivity contribution in [3.05, 3.63) is 23.3 Å². The zero-order valence-corrected chi connectivity index (χ0v) is 12.2. The van der Waals surface area contributed by atoms with Crippen LogP contribution in [0.2, 0.25) is 0 Å². The highest BCUT2D eigenvalue weighted by Gasteiger charge is 2.33. The van der Waals surface area contributed by atoms with Gasteiger partial charge in [-0.25, -0.2) is 8.42 Å². The van der Waals surface area contributed by atoms with Crippen LogP contribution < -0.4 is 4.74 Å². The highest BCUT2D eigenvalue weighted by Crippen LogP contribution is 2.29. The SMILES string of the molecule is COc1cc(C)c(S(=O)(=O)N2CCC(O)C2)c(C)c1. The van der Waals surface area contributed by atoms with Crippen LogP contribution in [0.1, 0.15) is 17.5 Å². The van der Waals surface area contributed by atoms with Gasteiger partial charge in [0.15, 0.2) is 0 Å². The number of β-amino-alcohol motifs (C(OH)–C–C–N with tert-alkyl or cyclic N) is 1. The number of aryl methyl sites for hydroxylation is 2. The molecule has 1 N–H and O–H groups in total. The summed E-state index contributed by atoms with van der Waals surface area (Å²) in [6, 6.07) is 3.43. The van der Waals surface area contributed by atoms with Crippen molar-refractivity contribution in [2.45, 2.75) is 31.3 Å². The Kier molecular flexibility index (Phi) is 3.85. The number of ether oxygens (including phenoxy) is 1. The molecule has 6 heteroatoms. The highest BCUT2D eigenvalue weighted by molar-refractivity contribution is 7.89. The van der Waals surface area contributed by atoms with E-state index in [1.54, 1.807) is 33.1 Å². The molecule has 2 rings (SSSR count). The van der Waals surface area contributed by atoms with E-state index in [1.807, 2.05) is 0 Å². The lowest BCUT2D eigenvalue weighted by Crippen LogP contribution is -2.30. The Labute approximate surface area is 113 Å². The maximum Gasteiger partial charge on any atom is 0.243 e. The third-order valence-corrected chi connectivity index (χ3v) is 5.56. The van der Waals surface area contributed by atoms with Gasteiger partial charge in [-0.2, -0.15) is 4.31 Å². The van der Waals surface area contributed by atoms with Crippen molar-refractivity contribution in [2.24, 2.45) is 0 Å². The molecule has 1 fully saturated rings. The van der Waals surface area contributed by atoms with Crippen molar-refractivity contribution < 1.29 is 18.3 Å². The van der Waals surface area contributed by atoms with E-state index in [1.165, 1.54) is 4.31 Å². The van der Waals surface area contributed by atoms with Gasteiger partial charge in [0.1, 0.15) is 5.75 Å². The molecule has 1 saturated heterocycles. The fourth-order valence-corrected chi connectivity index (χ4v) is 4.40. The fraction of sp³-hybridized carbons (Fsp3) is 0.538. The molecule has 1 aliphatic heterocycles. The number of nitrogens with zero attached hydrogens (tertiary/aromatic N) is 1. The number of sulfonamides is 1. The lowest BCUT2D eigenvalue weighted by atomic mass is 10.1. The van der Waals surface area contributed by atoms with E-state index in [9.17, 15) is 13.5 Å². The zero-order chi connectivity index (χ0) is 14.2. The Hall–Kier alpha value is -1.11. The summed E-state index contributed by atoms with van der Waals surface area (Å²) < 4.78 is 31.7. The predicted molar refractivity (Wildman–Crippen MR) is 71.9 cm³/mol. The molecule has 1 atom stereocenters. The molecule has 0 radical (unpaired) electrons. The minimum atomic E-state index is -3.54. The first-order valence-electron chi connectivity index (χ1n) is 6.19. The van der Waals surface area contributed by atoms with E-state index in [2.05, 4.69) is 0 Å². The number of rotatable bonds is 3. The second-order valence-corrected chi connectivity index (χ2v) is 6.77. The summed E-state index contributed by atoms with van der Waals surface area (Å²) in [5, 5.41) is 9.50. The van der Waals surface area contributed by atoms with Crippen LogP contribution in [0.4, 0.5) is 0 Å². The van der Waals surface area contributed by atoms with Crippen molar-refractivity contribution >= 4 is 10.0 Å². The topological polar surface area (TPSA) is 66.8 Å². The molecule has 0 aromatic heterocycles. The van der Waals surface area contributed by atoms with Crippen molar-refractivity contribution in [3.63, 3.8) is 0 Å².